The van der Waals surface area contributed by atoms with Gasteiger partial charge in [-0.15, -0.1) is 0 Å². The van der Waals surface area contributed by atoms with Gasteiger partial charge in [-0.25, -0.2) is 12.7 Å². The second-order valence-electron chi connectivity index (χ2n) is 3.61. The minimum atomic E-state index is -3.56. The monoisotopic (exact) mass is 340 g/mol. The number of hydrogen-bond acceptors (Lipinski definition) is 3. The van der Waals surface area contributed by atoms with Gasteiger partial charge in [-0.2, -0.15) is 0 Å². The van der Waals surface area contributed by atoms with Crippen molar-refractivity contribution >= 4 is 37.6 Å². The van der Waals surface area contributed by atoms with Gasteiger partial charge in [-0.1, -0.05) is 24.9 Å². The Morgan fingerprint density at radius 3 is 2.65 bits per heavy atom. The highest BCUT2D eigenvalue weighted by molar-refractivity contribution is 9.10. The normalized spacial score (nSPS) is 12.1. The van der Waals surface area contributed by atoms with Gasteiger partial charge < -0.3 is 0 Å². The third-order valence-electron chi connectivity index (χ3n) is 2.30. The van der Waals surface area contributed by atoms with Gasteiger partial charge in [0.2, 0.25) is 10.0 Å². The number of nitrogens with zero attached hydrogens (tertiary/aromatic N) is 2. The maximum Gasteiger partial charge on any atom is 0.245 e. The Hall–Kier alpha value is -0.170. The lowest BCUT2D eigenvalue weighted by atomic mass is 10.3. The fourth-order valence-corrected chi connectivity index (χ4v) is 4.09. The predicted octanol–water partition coefficient (Wildman–Crippen LogP) is 2.92. The van der Waals surface area contributed by atoms with Gasteiger partial charge >= 0.3 is 0 Å². The van der Waals surface area contributed by atoms with E-state index < -0.39 is 10.0 Å². The number of rotatable bonds is 5. The van der Waals surface area contributed by atoms with Crippen LogP contribution >= 0.6 is 27.5 Å². The topological polar surface area (TPSA) is 50.3 Å². The van der Waals surface area contributed by atoms with Crippen molar-refractivity contribution in [1.82, 2.24) is 9.29 Å². The molecule has 0 saturated carbocycles. The van der Waals surface area contributed by atoms with E-state index in [1.54, 1.807) is 7.05 Å². The van der Waals surface area contributed by atoms with E-state index >= 15 is 0 Å². The number of hydrogen-bond donors (Lipinski definition) is 0. The Labute approximate surface area is 115 Å². The first-order valence-corrected chi connectivity index (χ1v) is 7.77. The molecule has 0 atom stereocenters. The van der Waals surface area contributed by atoms with E-state index in [4.69, 9.17) is 11.6 Å². The van der Waals surface area contributed by atoms with Gasteiger partial charge in [0.05, 0.1) is 9.50 Å². The molecule has 0 aliphatic rings. The molecular formula is C10H14BrClN2O2S. The molecule has 1 aromatic heterocycles. The third-order valence-corrected chi connectivity index (χ3v) is 5.53. The van der Waals surface area contributed by atoms with Gasteiger partial charge in [0.25, 0.3) is 0 Å². The first-order valence-electron chi connectivity index (χ1n) is 5.16. The third kappa shape index (κ3) is 3.40. The van der Waals surface area contributed by atoms with E-state index in [1.807, 2.05) is 6.92 Å². The van der Waals surface area contributed by atoms with Crippen LogP contribution in [0.5, 0.6) is 0 Å². The van der Waals surface area contributed by atoms with Crippen molar-refractivity contribution in [2.45, 2.75) is 24.7 Å². The van der Waals surface area contributed by atoms with Crippen molar-refractivity contribution in [3.63, 3.8) is 0 Å². The molecule has 0 unspecified atom stereocenters. The average Bonchev–Trinajstić information content (AvgIpc) is 2.25. The molecule has 0 amide bonds. The molecule has 1 heterocycles. The summed E-state index contributed by atoms with van der Waals surface area (Å²) < 4.78 is 26.2. The van der Waals surface area contributed by atoms with Crippen molar-refractivity contribution in [2.75, 3.05) is 13.6 Å². The number of pyridine rings is 1. The second kappa shape index (κ2) is 6.13. The summed E-state index contributed by atoms with van der Waals surface area (Å²) in [6, 6.07) is 0. The van der Waals surface area contributed by atoms with Crippen LogP contribution in [0.15, 0.2) is 21.8 Å². The van der Waals surface area contributed by atoms with Gasteiger partial charge in [0.1, 0.15) is 4.90 Å². The quantitative estimate of drug-likeness (QED) is 0.827. The number of aromatic nitrogens is 1. The van der Waals surface area contributed by atoms with Crippen LogP contribution in [0.1, 0.15) is 19.8 Å². The zero-order valence-corrected chi connectivity index (χ0v) is 12.8. The molecule has 96 valence electrons. The molecule has 0 fully saturated rings. The first-order chi connectivity index (χ1) is 7.91. The summed E-state index contributed by atoms with van der Waals surface area (Å²) in [5, 5.41) is 0.128. The van der Waals surface area contributed by atoms with Crippen LogP contribution in [-0.2, 0) is 10.0 Å². The maximum absolute atomic E-state index is 12.3. The van der Waals surface area contributed by atoms with Gasteiger partial charge in [-0.05, 0) is 22.4 Å². The van der Waals surface area contributed by atoms with Crippen LogP contribution in [0, 0.1) is 0 Å². The molecule has 4 nitrogen and oxygen atoms in total. The molecule has 17 heavy (non-hydrogen) atoms. The molecule has 0 radical (unpaired) electrons. The van der Waals surface area contributed by atoms with Crippen molar-refractivity contribution < 1.29 is 8.42 Å². The van der Waals surface area contributed by atoms with E-state index in [1.165, 1.54) is 16.7 Å². The summed E-state index contributed by atoms with van der Waals surface area (Å²) in [5.41, 5.74) is 0. The van der Waals surface area contributed by atoms with Crippen LogP contribution in [0.4, 0.5) is 0 Å². The summed E-state index contributed by atoms with van der Waals surface area (Å²) in [4.78, 5) is 3.89. The van der Waals surface area contributed by atoms with E-state index in [0.29, 0.717) is 11.0 Å². The number of unbranched alkanes of at least 4 members (excludes halogenated alkanes) is 1. The first kappa shape index (κ1) is 14.9. The Balaban J connectivity index is 3.13. The predicted molar refractivity (Wildman–Crippen MR) is 71.7 cm³/mol. The van der Waals surface area contributed by atoms with Crippen LogP contribution < -0.4 is 0 Å². The lowest BCUT2D eigenvalue weighted by molar-refractivity contribution is 0.459. The molecule has 0 aliphatic heterocycles. The van der Waals surface area contributed by atoms with E-state index in [9.17, 15) is 8.42 Å². The highest BCUT2D eigenvalue weighted by Crippen LogP contribution is 2.30. The molecule has 7 heteroatoms. The van der Waals surface area contributed by atoms with Crippen molar-refractivity contribution in [2.24, 2.45) is 0 Å². The van der Waals surface area contributed by atoms with Crippen molar-refractivity contribution in [3.8, 4) is 0 Å². The summed E-state index contributed by atoms with van der Waals surface area (Å²) in [7, 11) is -2.01. The molecule has 0 aromatic carbocycles. The molecule has 0 N–H and O–H groups in total. The fourth-order valence-electron chi connectivity index (χ4n) is 1.30. The minimum Gasteiger partial charge on any atom is -0.262 e. The van der Waals surface area contributed by atoms with Crippen LogP contribution in [0.25, 0.3) is 0 Å². The Bertz CT molecular complexity index is 473. The summed E-state index contributed by atoms with van der Waals surface area (Å²) in [6.07, 6.45) is 4.50. The van der Waals surface area contributed by atoms with Crippen LogP contribution in [0.3, 0.4) is 0 Å². The summed E-state index contributed by atoms with van der Waals surface area (Å²) in [6.45, 7) is 2.49. The van der Waals surface area contributed by atoms with E-state index in [0.717, 1.165) is 12.8 Å². The number of sulfonamides is 1. The summed E-state index contributed by atoms with van der Waals surface area (Å²) in [5.74, 6) is 0. The molecular weight excluding hydrogens is 328 g/mol. The molecule has 0 saturated heterocycles. The lowest BCUT2D eigenvalue weighted by Crippen LogP contribution is -2.28. The SMILES string of the molecule is CCCCN(C)S(=O)(=O)c1c(Cl)cncc1Br. The molecule has 0 spiro atoms. The smallest absolute Gasteiger partial charge is 0.245 e. The molecule has 1 rings (SSSR count). The Morgan fingerprint density at radius 2 is 2.12 bits per heavy atom. The van der Waals surface area contributed by atoms with Gasteiger partial charge in [-0.3, -0.25) is 4.98 Å². The van der Waals surface area contributed by atoms with E-state index in [-0.39, 0.29) is 9.92 Å². The van der Waals surface area contributed by atoms with Gasteiger partial charge in [0.15, 0.2) is 0 Å². The van der Waals surface area contributed by atoms with E-state index in [2.05, 4.69) is 20.9 Å². The summed E-state index contributed by atoms with van der Waals surface area (Å²) >= 11 is 9.06. The standard InChI is InChI=1S/C10H14BrClN2O2S/c1-3-4-5-14(2)17(15,16)10-8(11)6-13-7-9(10)12/h6-7H,3-5H2,1-2H3. The van der Waals surface area contributed by atoms with Crippen LogP contribution in [0.2, 0.25) is 5.02 Å². The zero-order valence-electron chi connectivity index (χ0n) is 9.65. The Morgan fingerprint density at radius 1 is 1.47 bits per heavy atom. The van der Waals surface area contributed by atoms with Crippen molar-refractivity contribution in [3.05, 3.63) is 21.9 Å². The fraction of sp³-hybridized carbons (Fsp3) is 0.500. The molecule has 0 aliphatic carbocycles. The minimum absolute atomic E-state index is 0.0766. The Kier molecular flexibility index (Phi) is 5.37. The van der Waals surface area contributed by atoms with Crippen LogP contribution in [-0.4, -0.2) is 31.3 Å². The average molecular weight is 342 g/mol. The molecule has 0 bridgehead atoms. The largest absolute Gasteiger partial charge is 0.262 e. The van der Waals surface area contributed by atoms with Crippen molar-refractivity contribution in [1.29, 1.82) is 0 Å². The highest BCUT2D eigenvalue weighted by atomic mass is 79.9. The highest BCUT2D eigenvalue weighted by Gasteiger charge is 2.25. The molecule has 1 aromatic rings. The zero-order chi connectivity index (χ0) is 13.1. The lowest BCUT2D eigenvalue weighted by Gasteiger charge is -2.18. The maximum atomic E-state index is 12.3. The number of halogens is 2. The second-order valence-corrected chi connectivity index (χ2v) is 6.86. The van der Waals surface area contributed by atoms with Gasteiger partial charge in [0, 0.05) is 26.0 Å².